The number of nitro groups is 1. The molecule has 3 rings (SSSR count). The van der Waals surface area contributed by atoms with E-state index < -0.39 is 4.92 Å². The summed E-state index contributed by atoms with van der Waals surface area (Å²) in [5.41, 5.74) is 1.74. The van der Waals surface area contributed by atoms with E-state index in [1.54, 1.807) is 29.2 Å². The molecule has 120 valence electrons. The van der Waals surface area contributed by atoms with Gasteiger partial charge in [-0.15, -0.1) is 0 Å². The average molecular weight is 314 g/mol. The Labute approximate surface area is 133 Å². The number of carbonyl (C=O) groups excluding carboxylic acids is 1. The van der Waals surface area contributed by atoms with Gasteiger partial charge in [0, 0.05) is 37.0 Å². The first-order valence-electron chi connectivity index (χ1n) is 7.68. The van der Waals surface area contributed by atoms with Crippen LogP contribution < -0.4 is 0 Å². The van der Waals surface area contributed by atoms with Gasteiger partial charge in [0.05, 0.1) is 11.1 Å². The predicted octanol–water partition coefficient (Wildman–Crippen LogP) is 2.47. The molecule has 1 aliphatic heterocycles. The van der Waals surface area contributed by atoms with Crippen molar-refractivity contribution in [2.75, 3.05) is 13.1 Å². The summed E-state index contributed by atoms with van der Waals surface area (Å²) in [7, 11) is 0. The first-order valence-corrected chi connectivity index (χ1v) is 7.68. The zero-order valence-corrected chi connectivity index (χ0v) is 12.7. The van der Waals surface area contributed by atoms with Crippen LogP contribution in [0.25, 0.3) is 11.1 Å². The highest BCUT2D eigenvalue weighted by Gasteiger charge is 2.17. The van der Waals surface area contributed by atoms with Crippen molar-refractivity contribution in [2.24, 2.45) is 0 Å². The second-order valence-corrected chi connectivity index (χ2v) is 5.67. The van der Waals surface area contributed by atoms with Gasteiger partial charge in [-0.1, -0.05) is 0 Å². The zero-order valence-electron chi connectivity index (χ0n) is 12.7. The van der Waals surface area contributed by atoms with Crippen molar-refractivity contribution in [1.82, 2.24) is 14.7 Å². The molecule has 7 nitrogen and oxygen atoms in total. The number of rotatable bonds is 4. The lowest BCUT2D eigenvalue weighted by atomic mass is 10.1. The Morgan fingerprint density at radius 3 is 2.48 bits per heavy atom. The molecule has 0 unspecified atom stereocenters. The van der Waals surface area contributed by atoms with Gasteiger partial charge in [0.15, 0.2) is 0 Å². The van der Waals surface area contributed by atoms with E-state index in [-0.39, 0.29) is 18.1 Å². The molecular weight excluding hydrogens is 296 g/mol. The summed E-state index contributed by atoms with van der Waals surface area (Å²) in [6.07, 6.45) is 6.79. The number of piperidine rings is 1. The van der Waals surface area contributed by atoms with E-state index in [0.717, 1.165) is 37.1 Å². The van der Waals surface area contributed by atoms with Crippen LogP contribution in [-0.2, 0) is 11.3 Å². The van der Waals surface area contributed by atoms with E-state index in [4.69, 9.17) is 0 Å². The number of non-ortho nitro benzene ring substituents is 1. The summed E-state index contributed by atoms with van der Waals surface area (Å²) < 4.78 is 1.62. The molecule has 2 heterocycles. The minimum absolute atomic E-state index is 0.0569. The number of amides is 1. The molecule has 1 fully saturated rings. The molecule has 0 radical (unpaired) electrons. The van der Waals surface area contributed by atoms with Crippen LogP contribution in [0.1, 0.15) is 19.3 Å². The van der Waals surface area contributed by atoms with E-state index in [9.17, 15) is 14.9 Å². The van der Waals surface area contributed by atoms with Crippen molar-refractivity contribution in [3.63, 3.8) is 0 Å². The Hall–Kier alpha value is -2.70. The van der Waals surface area contributed by atoms with Crippen LogP contribution in [0.15, 0.2) is 36.7 Å². The third kappa shape index (κ3) is 3.56. The van der Waals surface area contributed by atoms with Crippen molar-refractivity contribution < 1.29 is 9.72 Å². The van der Waals surface area contributed by atoms with Crippen molar-refractivity contribution in [3.8, 4) is 11.1 Å². The number of carbonyl (C=O) groups is 1. The fourth-order valence-electron chi connectivity index (χ4n) is 2.76. The Bertz CT molecular complexity index is 702. The van der Waals surface area contributed by atoms with Crippen LogP contribution in [0.4, 0.5) is 5.69 Å². The quantitative estimate of drug-likeness (QED) is 0.641. The third-order valence-corrected chi connectivity index (χ3v) is 4.05. The lowest BCUT2D eigenvalue weighted by molar-refractivity contribution is -0.384. The summed E-state index contributed by atoms with van der Waals surface area (Å²) in [6.45, 7) is 1.89. The summed E-state index contributed by atoms with van der Waals surface area (Å²) in [5.74, 6) is 0.0862. The normalized spacial score (nSPS) is 14.7. The second kappa shape index (κ2) is 6.60. The SMILES string of the molecule is O=C(Cn1cc(-c2ccc([N+](=O)[O-])cc2)cn1)N1CCCCC1. The highest BCUT2D eigenvalue weighted by molar-refractivity contribution is 5.76. The highest BCUT2D eigenvalue weighted by Crippen LogP contribution is 2.22. The van der Waals surface area contributed by atoms with Gasteiger partial charge in [0.2, 0.25) is 5.91 Å². The van der Waals surface area contributed by atoms with Crippen molar-refractivity contribution in [1.29, 1.82) is 0 Å². The molecule has 1 aliphatic rings. The van der Waals surface area contributed by atoms with E-state index in [0.29, 0.717) is 0 Å². The minimum Gasteiger partial charge on any atom is -0.341 e. The van der Waals surface area contributed by atoms with Gasteiger partial charge in [-0.2, -0.15) is 5.10 Å². The maximum Gasteiger partial charge on any atom is 0.269 e. The fraction of sp³-hybridized carbons (Fsp3) is 0.375. The first kappa shape index (κ1) is 15.2. The van der Waals surface area contributed by atoms with Gasteiger partial charge >= 0.3 is 0 Å². The van der Waals surface area contributed by atoms with Crippen LogP contribution >= 0.6 is 0 Å². The summed E-state index contributed by atoms with van der Waals surface area (Å²) >= 11 is 0. The third-order valence-electron chi connectivity index (χ3n) is 4.05. The van der Waals surface area contributed by atoms with Crippen molar-refractivity contribution in [2.45, 2.75) is 25.8 Å². The fourth-order valence-corrected chi connectivity index (χ4v) is 2.76. The predicted molar refractivity (Wildman–Crippen MR) is 84.7 cm³/mol. The molecule has 7 heteroatoms. The van der Waals surface area contributed by atoms with Crippen LogP contribution in [0.5, 0.6) is 0 Å². The Balaban J connectivity index is 1.67. The Kier molecular flexibility index (Phi) is 4.36. The van der Waals surface area contributed by atoms with E-state index >= 15 is 0 Å². The molecule has 1 aromatic carbocycles. The van der Waals surface area contributed by atoms with E-state index in [2.05, 4.69) is 5.10 Å². The number of nitrogens with zero attached hydrogens (tertiary/aromatic N) is 4. The summed E-state index contributed by atoms with van der Waals surface area (Å²) in [5, 5.41) is 14.9. The molecule has 0 spiro atoms. The number of hydrogen-bond acceptors (Lipinski definition) is 4. The van der Waals surface area contributed by atoms with Crippen LogP contribution in [0.2, 0.25) is 0 Å². The van der Waals surface area contributed by atoms with Crippen molar-refractivity contribution in [3.05, 3.63) is 46.8 Å². The number of hydrogen-bond donors (Lipinski definition) is 0. The highest BCUT2D eigenvalue weighted by atomic mass is 16.6. The van der Waals surface area contributed by atoms with Crippen LogP contribution in [0, 0.1) is 10.1 Å². The van der Waals surface area contributed by atoms with Gasteiger partial charge in [-0.05, 0) is 37.0 Å². The van der Waals surface area contributed by atoms with Crippen molar-refractivity contribution >= 4 is 11.6 Å². The Morgan fingerprint density at radius 1 is 1.13 bits per heavy atom. The molecule has 0 bridgehead atoms. The molecule has 1 amide bonds. The average Bonchev–Trinajstić information content (AvgIpc) is 3.04. The first-order chi connectivity index (χ1) is 11.1. The number of nitro benzene ring substituents is 1. The summed E-state index contributed by atoms with van der Waals surface area (Å²) in [6, 6.07) is 6.30. The van der Waals surface area contributed by atoms with Crippen LogP contribution in [-0.4, -0.2) is 38.6 Å². The van der Waals surface area contributed by atoms with Gasteiger partial charge in [-0.3, -0.25) is 19.6 Å². The maximum absolute atomic E-state index is 12.2. The van der Waals surface area contributed by atoms with E-state index in [1.807, 2.05) is 4.90 Å². The largest absolute Gasteiger partial charge is 0.341 e. The zero-order chi connectivity index (χ0) is 16.2. The molecule has 0 N–H and O–H groups in total. The number of benzene rings is 1. The number of likely N-dealkylation sites (tertiary alicyclic amines) is 1. The maximum atomic E-state index is 12.2. The van der Waals surface area contributed by atoms with Crippen LogP contribution in [0.3, 0.4) is 0 Å². The van der Waals surface area contributed by atoms with Gasteiger partial charge in [-0.25, -0.2) is 0 Å². The van der Waals surface area contributed by atoms with Gasteiger partial charge in [0.25, 0.3) is 5.69 Å². The molecule has 2 aromatic rings. The molecule has 0 aliphatic carbocycles. The standard InChI is InChI=1S/C16H18N4O3/c21-16(18-8-2-1-3-9-18)12-19-11-14(10-17-19)13-4-6-15(7-5-13)20(22)23/h4-7,10-11H,1-3,8-9,12H2. The van der Waals surface area contributed by atoms with Gasteiger partial charge in [0.1, 0.15) is 6.54 Å². The minimum atomic E-state index is -0.426. The Morgan fingerprint density at radius 2 is 1.83 bits per heavy atom. The van der Waals surface area contributed by atoms with Gasteiger partial charge < -0.3 is 4.90 Å². The molecule has 0 saturated carbocycles. The topological polar surface area (TPSA) is 81.3 Å². The monoisotopic (exact) mass is 314 g/mol. The smallest absolute Gasteiger partial charge is 0.269 e. The molecular formula is C16H18N4O3. The van der Waals surface area contributed by atoms with E-state index in [1.165, 1.54) is 18.6 Å². The lowest BCUT2D eigenvalue weighted by Crippen LogP contribution is -2.37. The lowest BCUT2D eigenvalue weighted by Gasteiger charge is -2.26. The molecule has 0 atom stereocenters. The molecule has 1 saturated heterocycles. The summed E-state index contributed by atoms with van der Waals surface area (Å²) in [4.78, 5) is 24.4. The second-order valence-electron chi connectivity index (χ2n) is 5.67. The number of aromatic nitrogens is 2. The molecule has 1 aromatic heterocycles. The molecule has 23 heavy (non-hydrogen) atoms.